The van der Waals surface area contributed by atoms with Gasteiger partial charge < -0.3 is 10.4 Å². The van der Waals surface area contributed by atoms with Gasteiger partial charge in [-0.25, -0.2) is 0 Å². The molecular weight excluding hydrogens is 218 g/mol. The molecule has 2 atom stereocenters. The van der Waals surface area contributed by atoms with Gasteiger partial charge in [0.1, 0.15) is 0 Å². The molecule has 2 N–H and O–H groups in total. The van der Waals surface area contributed by atoms with Crippen LogP contribution in [0.5, 0.6) is 0 Å². The summed E-state index contributed by atoms with van der Waals surface area (Å²) in [6, 6.07) is 0. The number of hydrogen-bond acceptors (Lipinski definition) is 2. The lowest BCUT2D eigenvalue weighted by atomic mass is 9.82. The highest BCUT2D eigenvalue weighted by Gasteiger charge is 2.35. The lowest BCUT2D eigenvalue weighted by Gasteiger charge is -2.30. The summed E-state index contributed by atoms with van der Waals surface area (Å²) < 4.78 is 0. The molecule has 1 aliphatic carbocycles. The van der Waals surface area contributed by atoms with Gasteiger partial charge in [-0.2, -0.15) is 0 Å². The van der Waals surface area contributed by atoms with Gasteiger partial charge in [-0.15, -0.1) is 0 Å². The second kappa shape index (κ2) is 5.34. The second-order valence-corrected chi connectivity index (χ2v) is 5.22. The van der Waals surface area contributed by atoms with Crippen molar-refractivity contribution < 1.29 is 14.7 Å². The molecule has 0 bridgehead atoms. The summed E-state index contributed by atoms with van der Waals surface area (Å²) >= 11 is 0. The number of amides is 1. The van der Waals surface area contributed by atoms with Crippen LogP contribution < -0.4 is 5.32 Å². The maximum absolute atomic E-state index is 12.1. The molecule has 0 fully saturated rings. The summed E-state index contributed by atoms with van der Waals surface area (Å²) in [6.07, 6.45) is 5.51. The SMILES string of the molecule is CCC(C)(C)NC(=O)C1CC=CCC1C(=O)O. The molecule has 96 valence electrons. The molecule has 1 amide bonds. The first-order chi connectivity index (χ1) is 7.87. The van der Waals surface area contributed by atoms with Gasteiger partial charge in [-0.05, 0) is 33.1 Å². The molecule has 1 aliphatic rings. The summed E-state index contributed by atoms with van der Waals surface area (Å²) in [6.45, 7) is 5.88. The van der Waals surface area contributed by atoms with E-state index in [0.717, 1.165) is 6.42 Å². The molecule has 0 aromatic heterocycles. The molecule has 0 spiro atoms. The van der Waals surface area contributed by atoms with Gasteiger partial charge in [0, 0.05) is 5.54 Å². The monoisotopic (exact) mass is 239 g/mol. The van der Waals surface area contributed by atoms with Crippen LogP contribution in [0.25, 0.3) is 0 Å². The van der Waals surface area contributed by atoms with E-state index in [1.54, 1.807) is 0 Å². The average Bonchev–Trinajstić information content (AvgIpc) is 2.28. The number of hydrogen-bond donors (Lipinski definition) is 2. The third-order valence-electron chi connectivity index (χ3n) is 3.43. The highest BCUT2D eigenvalue weighted by Crippen LogP contribution is 2.26. The number of aliphatic carboxylic acids is 1. The van der Waals surface area contributed by atoms with Crippen LogP contribution in [-0.4, -0.2) is 22.5 Å². The predicted molar refractivity (Wildman–Crippen MR) is 65.5 cm³/mol. The van der Waals surface area contributed by atoms with Gasteiger partial charge in [0.25, 0.3) is 0 Å². The smallest absolute Gasteiger partial charge is 0.307 e. The van der Waals surface area contributed by atoms with Gasteiger partial charge in [-0.1, -0.05) is 19.1 Å². The summed E-state index contributed by atoms with van der Waals surface area (Å²) in [5.74, 6) is -2.06. The first-order valence-electron chi connectivity index (χ1n) is 6.07. The van der Waals surface area contributed by atoms with Crippen molar-refractivity contribution in [1.82, 2.24) is 5.32 Å². The van der Waals surface area contributed by atoms with Crippen molar-refractivity contribution in [2.24, 2.45) is 11.8 Å². The van der Waals surface area contributed by atoms with Crippen LogP contribution in [0.4, 0.5) is 0 Å². The molecule has 0 aromatic carbocycles. The zero-order chi connectivity index (χ0) is 13.1. The molecule has 4 nitrogen and oxygen atoms in total. The summed E-state index contributed by atoms with van der Waals surface area (Å²) in [7, 11) is 0. The molecule has 4 heteroatoms. The maximum Gasteiger partial charge on any atom is 0.307 e. The number of nitrogens with one attached hydrogen (secondary N) is 1. The number of carboxylic acids is 1. The van der Waals surface area contributed by atoms with Gasteiger partial charge in [-0.3, -0.25) is 9.59 Å². The van der Waals surface area contributed by atoms with Crippen molar-refractivity contribution in [3.05, 3.63) is 12.2 Å². The third kappa shape index (κ3) is 3.58. The highest BCUT2D eigenvalue weighted by molar-refractivity contribution is 5.85. The van der Waals surface area contributed by atoms with Crippen molar-refractivity contribution >= 4 is 11.9 Å². The van der Waals surface area contributed by atoms with Gasteiger partial charge >= 0.3 is 5.97 Å². The Hall–Kier alpha value is -1.32. The molecule has 0 radical (unpaired) electrons. The average molecular weight is 239 g/mol. The van der Waals surface area contributed by atoms with Gasteiger partial charge in [0.15, 0.2) is 0 Å². The first-order valence-corrected chi connectivity index (χ1v) is 6.07. The van der Waals surface area contributed by atoms with Crippen molar-refractivity contribution in [2.75, 3.05) is 0 Å². The van der Waals surface area contributed by atoms with E-state index in [9.17, 15) is 9.59 Å². The Morgan fingerprint density at radius 2 is 1.82 bits per heavy atom. The number of carbonyl (C=O) groups is 2. The predicted octanol–water partition coefficient (Wildman–Crippen LogP) is 1.96. The Labute approximate surface area is 102 Å². The fraction of sp³-hybridized carbons (Fsp3) is 0.692. The molecule has 1 rings (SSSR count). The lowest BCUT2D eigenvalue weighted by molar-refractivity contribution is -0.147. The molecule has 0 aromatic rings. The minimum absolute atomic E-state index is 0.145. The molecule has 0 saturated heterocycles. The Balaban J connectivity index is 2.73. The quantitative estimate of drug-likeness (QED) is 0.737. The van der Waals surface area contributed by atoms with Gasteiger partial charge in [0.05, 0.1) is 11.8 Å². The molecule has 0 aliphatic heterocycles. The van der Waals surface area contributed by atoms with Crippen LogP contribution in [0.1, 0.15) is 40.0 Å². The van der Waals surface area contributed by atoms with Crippen LogP contribution in [0.15, 0.2) is 12.2 Å². The third-order valence-corrected chi connectivity index (χ3v) is 3.43. The van der Waals surface area contributed by atoms with Crippen molar-refractivity contribution in [3.63, 3.8) is 0 Å². The largest absolute Gasteiger partial charge is 0.481 e. The van der Waals surface area contributed by atoms with Crippen LogP contribution in [0.3, 0.4) is 0 Å². The van der Waals surface area contributed by atoms with Crippen LogP contribution in [0.2, 0.25) is 0 Å². The normalized spacial score (nSPS) is 24.4. The fourth-order valence-corrected chi connectivity index (χ4v) is 1.89. The van der Waals surface area contributed by atoms with E-state index >= 15 is 0 Å². The van der Waals surface area contributed by atoms with E-state index in [2.05, 4.69) is 5.32 Å². The lowest BCUT2D eigenvalue weighted by Crippen LogP contribution is -2.48. The van der Waals surface area contributed by atoms with Crippen LogP contribution in [0, 0.1) is 11.8 Å². The van der Waals surface area contributed by atoms with Crippen molar-refractivity contribution in [3.8, 4) is 0 Å². The molecular formula is C13H21NO3. The zero-order valence-electron chi connectivity index (χ0n) is 10.7. The van der Waals surface area contributed by atoms with Crippen LogP contribution in [-0.2, 0) is 9.59 Å². The number of rotatable bonds is 4. The second-order valence-electron chi connectivity index (χ2n) is 5.22. The van der Waals surface area contributed by atoms with Gasteiger partial charge in [0.2, 0.25) is 5.91 Å². The van der Waals surface area contributed by atoms with E-state index in [0.29, 0.717) is 12.8 Å². The van der Waals surface area contributed by atoms with Crippen LogP contribution >= 0.6 is 0 Å². The fourth-order valence-electron chi connectivity index (χ4n) is 1.89. The minimum atomic E-state index is -0.885. The Morgan fingerprint density at radius 1 is 1.29 bits per heavy atom. The molecule has 0 saturated carbocycles. The number of carbonyl (C=O) groups excluding carboxylic acids is 1. The van der Waals surface area contributed by atoms with E-state index in [4.69, 9.17) is 5.11 Å². The molecule has 2 unspecified atom stereocenters. The van der Waals surface area contributed by atoms with E-state index in [1.807, 2.05) is 32.9 Å². The Kier molecular flexibility index (Phi) is 4.32. The standard InChI is InChI=1S/C13H21NO3/c1-4-13(2,3)14-11(15)9-7-5-6-8-10(9)12(16)17/h5-6,9-10H,4,7-8H2,1-3H3,(H,14,15)(H,16,17). The minimum Gasteiger partial charge on any atom is -0.481 e. The first kappa shape index (κ1) is 13.7. The number of allylic oxidation sites excluding steroid dienone is 2. The topological polar surface area (TPSA) is 66.4 Å². The van der Waals surface area contributed by atoms with Crippen molar-refractivity contribution in [1.29, 1.82) is 0 Å². The summed E-state index contributed by atoms with van der Waals surface area (Å²) in [4.78, 5) is 23.2. The Morgan fingerprint density at radius 3 is 2.29 bits per heavy atom. The van der Waals surface area contributed by atoms with E-state index in [-0.39, 0.29) is 11.4 Å². The Bertz CT molecular complexity index is 334. The van der Waals surface area contributed by atoms with E-state index in [1.165, 1.54) is 0 Å². The highest BCUT2D eigenvalue weighted by atomic mass is 16.4. The van der Waals surface area contributed by atoms with Crippen molar-refractivity contribution in [2.45, 2.75) is 45.6 Å². The zero-order valence-corrected chi connectivity index (χ0v) is 10.7. The summed E-state index contributed by atoms with van der Waals surface area (Å²) in [5.41, 5.74) is -0.276. The number of carboxylic acid groups (broad SMARTS) is 1. The molecule has 0 heterocycles. The van der Waals surface area contributed by atoms with E-state index < -0.39 is 17.8 Å². The summed E-state index contributed by atoms with van der Waals surface area (Å²) in [5, 5.41) is 12.0. The molecule has 17 heavy (non-hydrogen) atoms. The maximum atomic E-state index is 12.1.